The molecule has 88 valence electrons. The molecule has 0 aromatic rings. The molecule has 0 spiro atoms. The van der Waals surface area contributed by atoms with Crippen LogP contribution in [0.25, 0.3) is 0 Å². The molecular weight excluding hydrogens is 184 g/mol. The van der Waals surface area contributed by atoms with Gasteiger partial charge in [0.25, 0.3) is 0 Å². The van der Waals surface area contributed by atoms with E-state index in [-0.39, 0.29) is 0 Å². The van der Waals surface area contributed by atoms with E-state index in [0.29, 0.717) is 5.41 Å². The largest absolute Gasteiger partial charge is 0.315 e. The summed E-state index contributed by atoms with van der Waals surface area (Å²) in [7, 11) is 0. The molecule has 1 N–H and O–H groups in total. The van der Waals surface area contributed by atoms with Crippen molar-refractivity contribution in [3.05, 3.63) is 0 Å². The highest BCUT2D eigenvalue weighted by molar-refractivity contribution is 4.88. The highest BCUT2D eigenvalue weighted by atomic mass is 15.2. The number of hydrogen-bond donors (Lipinski definition) is 1. The minimum atomic E-state index is 0.497. The monoisotopic (exact) mass is 210 g/mol. The number of nitrogens with zero attached hydrogens (tertiary/aromatic N) is 1. The minimum absolute atomic E-state index is 0.497. The zero-order chi connectivity index (χ0) is 10.9. The van der Waals surface area contributed by atoms with Crippen LogP contribution in [0.4, 0.5) is 0 Å². The Morgan fingerprint density at radius 2 is 2.00 bits per heavy atom. The van der Waals surface area contributed by atoms with Gasteiger partial charge in [0.1, 0.15) is 0 Å². The summed E-state index contributed by atoms with van der Waals surface area (Å²) in [5.41, 5.74) is 0.497. The fourth-order valence-corrected chi connectivity index (χ4v) is 2.97. The number of nitrogens with one attached hydrogen (secondary N) is 1. The molecule has 2 atom stereocenters. The van der Waals surface area contributed by atoms with Crippen LogP contribution in [0.2, 0.25) is 0 Å². The lowest BCUT2D eigenvalue weighted by atomic mass is 9.80. The molecule has 0 saturated carbocycles. The fraction of sp³-hybridized carbons (Fsp3) is 1.00. The molecule has 2 rings (SSSR count). The van der Waals surface area contributed by atoms with Crippen LogP contribution in [0, 0.1) is 11.3 Å². The molecule has 2 nitrogen and oxygen atoms in total. The summed E-state index contributed by atoms with van der Waals surface area (Å²) in [5.74, 6) is 0.902. The second-order valence-electron chi connectivity index (χ2n) is 6.35. The van der Waals surface area contributed by atoms with E-state index in [9.17, 15) is 0 Å². The van der Waals surface area contributed by atoms with Gasteiger partial charge in [0.15, 0.2) is 0 Å². The molecule has 2 aliphatic heterocycles. The van der Waals surface area contributed by atoms with Crippen LogP contribution in [-0.2, 0) is 0 Å². The predicted octanol–water partition coefficient (Wildman–Crippen LogP) is 2.11. The molecule has 2 heterocycles. The van der Waals surface area contributed by atoms with Gasteiger partial charge in [-0.1, -0.05) is 20.8 Å². The third-order valence-corrected chi connectivity index (χ3v) is 4.23. The Kier molecular flexibility index (Phi) is 3.36. The van der Waals surface area contributed by atoms with Crippen LogP contribution in [0.1, 0.15) is 40.0 Å². The Morgan fingerprint density at radius 1 is 1.20 bits per heavy atom. The molecule has 2 aliphatic rings. The number of likely N-dealkylation sites (tertiary alicyclic amines) is 1. The third kappa shape index (κ3) is 2.73. The molecule has 0 aromatic heterocycles. The SMILES string of the molecule is CC(C)(C)C1CCN(C2CCCNC2)C1. The molecule has 2 heteroatoms. The second-order valence-corrected chi connectivity index (χ2v) is 6.35. The summed E-state index contributed by atoms with van der Waals surface area (Å²) in [6.45, 7) is 12.3. The summed E-state index contributed by atoms with van der Waals surface area (Å²) in [4.78, 5) is 2.72. The molecule has 0 bridgehead atoms. The molecule has 0 amide bonds. The second kappa shape index (κ2) is 4.42. The van der Waals surface area contributed by atoms with Gasteiger partial charge in [0.2, 0.25) is 0 Å². The van der Waals surface area contributed by atoms with Crippen molar-refractivity contribution in [1.82, 2.24) is 10.2 Å². The average Bonchev–Trinajstić information content (AvgIpc) is 2.67. The molecule has 0 aromatic carbocycles. The standard InChI is InChI=1S/C13H26N2/c1-13(2,3)11-6-8-15(10-11)12-5-4-7-14-9-12/h11-12,14H,4-10H2,1-3H3. The summed E-state index contributed by atoms with van der Waals surface area (Å²) in [5, 5.41) is 3.52. The van der Waals surface area contributed by atoms with E-state index in [1.54, 1.807) is 0 Å². The van der Waals surface area contributed by atoms with Crippen molar-refractivity contribution >= 4 is 0 Å². The van der Waals surface area contributed by atoms with Gasteiger partial charge in [-0.3, -0.25) is 4.90 Å². The molecule has 2 fully saturated rings. The molecule has 2 saturated heterocycles. The highest BCUT2D eigenvalue weighted by Crippen LogP contribution is 2.34. The first-order valence-electron chi connectivity index (χ1n) is 6.52. The molecule has 0 aliphatic carbocycles. The Hall–Kier alpha value is -0.0800. The lowest BCUT2D eigenvalue weighted by molar-refractivity contribution is 0.172. The van der Waals surface area contributed by atoms with Crippen molar-refractivity contribution in [3.63, 3.8) is 0 Å². The lowest BCUT2D eigenvalue weighted by Gasteiger charge is -2.33. The molecule has 2 unspecified atom stereocenters. The maximum absolute atomic E-state index is 3.52. The van der Waals surface area contributed by atoms with Crippen LogP contribution in [0.15, 0.2) is 0 Å². The fourth-order valence-electron chi connectivity index (χ4n) is 2.97. The van der Waals surface area contributed by atoms with Crippen molar-refractivity contribution in [2.24, 2.45) is 11.3 Å². The minimum Gasteiger partial charge on any atom is -0.315 e. The first kappa shape index (κ1) is 11.4. The van der Waals surface area contributed by atoms with E-state index in [0.717, 1.165) is 12.0 Å². The Labute approximate surface area is 94.4 Å². The van der Waals surface area contributed by atoms with Crippen molar-refractivity contribution in [1.29, 1.82) is 0 Å². The number of hydrogen-bond acceptors (Lipinski definition) is 2. The summed E-state index contributed by atoms with van der Waals surface area (Å²) >= 11 is 0. The summed E-state index contributed by atoms with van der Waals surface area (Å²) in [6, 6.07) is 0.825. The maximum atomic E-state index is 3.52. The zero-order valence-electron chi connectivity index (χ0n) is 10.6. The molecular formula is C13H26N2. The van der Waals surface area contributed by atoms with Gasteiger partial charge in [0, 0.05) is 19.1 Å². The van der Waals surface area contributed by atoms with Gasteiger partial charge in [-0.2, -0.15) is 0 Å². The molecule has 15 heavy (non-hydrogen) atoms. The Morgan fingerprint density at radius 3 is 2.53 bits per heavy atom. The number of rotatable bonds is 1. The lowest BCUT2D eigenvalue weighted by Crippen LogP contribution is -2.45. The zero-order valence-corrected chi connectivity index (χ0v) is 10.6. The van der Waals surface area contributed by atoms with E-state index in [1.807, 2.05) is 0 Å². The average molecular weight is 210 g/mol. The van der Waals surface area contributed by atoms with E-state index in [4.69, 9.17) is 0 Å². The van der Waals surface area contributed by atoms with Crippen LogP contribution in [-0.4, -0.2) is 37.1 Å². The van der Waals surface area contributed by atoms with Gasteiger partial charge in [-0.15, -0.1) is 0 Å². The van der Waals surface area contributed by atoms with Gasteiger partial charge in [0.05, 0.1) is 0 Å². The van der Waals surface area contributed by atoms with Crippen LogP contribution in [0.5, 0.6) is 0 Å². The van der Waals surface area contributed by atoms with Crippen LogP contribution in [0.3, 0.4) is 0 Å². The Balaban J connectivity index is 1.86. The van der Waals surface area contributed by atoms with Crippen molar-refractivity contribution in [2.75, 3.05) is 26.2 Å². The molecule has 0 radical (unpaired) electrons. The van der Waals surface area contributed by atoms with Crippen LogP contribution >= 0.6 is 0 Å². The quantitative estimate of drug-likeness (QED) is 0.713. The summed E-state index contributed by atoms with van der Waals surface area (Å²) in [6.07, 6.45) is 4.17. The van der Waals surface area contributed by atoms with Gasteiger partial charge >= 0.3 is 0 Å². The van der Waals surface area contributed by atoms with Gasteiger partial charge < -0.3 is 5.32 Å². The van der Waals surface area contributed by atoms with E-state index in [2.05, 4.69) is 31.0 Å². The van der Waals surface area contributed by atoms with Crippen molar-refractivity contribution < 1.29 is 0 Å². The van der Waals surface area contributed by atoms with Crippen molar-refractivity contribution in [2.45, 2.75) is 46.1 Å². The maximum Gasteiger partial charge on any atom is 0.0221 e. The Bertz CT molecular complexity index is 201. The highest BCUT2D eigenvalue weighted by Gasteiger charge is 2.34. The van der Waals surface area contributed by atoms with E-state index < -0.39 is 0 Å². The normalized spacial score (nSPS) is 34.6. The topological polar surface area (TPSA) is 15.3 Å². The smallest absolute Gasteiger partial charge is 0.0221 e. The summed E-state index contributed by atoms with van der Waals surface area (Å²) < 4.78 is 0. The van der Waals surface area contributed by atoms with E-state index in [1.165, 1.54) is 45.4 Å². The van der Waals surface area contributed by atoms with Crippen LogP contribution < -0.4 is 5.32 Å². The van der Waals surface area contributed by atoms with E-state index >= 15 is 0 Å². The number of piperidine rings is 1. The third-order valence-electron chi connectivity index (χ3n) is 4.23. The van der Waals surface area contributed by atoms with Gasteiger partial charge in [-0.05, 0) is 43.7 Å². The first-order valence-corrected chi connectivity index (χ1v) is 6.52. The van der Waals surface area contributed by atoms with Gasteiger partial charge in [-0.25, -0.2) is 0 Å². The predicted molar refractivity (Wildman–Crippen MR) is 65.0 cm³/mol. The van der Waals surface area contributed by atoms with Crippen molar-refractivity contribution in [3.8, 4) is 0 Å². The first-order chi connectivity index (χ1) is 7.07.